The molecule has 0 bridgehead atoms. The van der Waals surface area contributed by atoms with Crippen LogP contribution in [0.3, 0.4) is 0 Å². The first-order valence-electron chi connectivity index (χ1n) is 0.770. The van der Waals surface area contributed by atoms with Gasteiger partial charge in [-0.05, 0) is 2.60 Å². The molecule has 0 aliphatic carbocycles. The Balaban J connectivity index is 2.32. The summed E-state index contributed by atoms with van der Waals surface area (Å²) in [4.78, 5) is 0. The second-order valence-corrected chi connectivity index (χ2v) is 6.15. The molecule has 0 aromatic rings. The van der Waals surface area contributed by atoms with Crippen molar-refractivity contribution in [1.82, 2.24) is 0 Å². The zero-order valence-corrected chi connectivity index (χ0v) is 6.24. The lowest BCUT2D eigenvalue weighted by molar-refractivity contribution is 2.16. The fraction of sp³-hybridized carbons (Fsp3) is 1.00. The highest BCUT2D eigenvalue weighted by Gasteiger charge is 1.73. The van der Waals surface area contributed by atoms with Crippen LogP contribution in [0.15, 0.2) is 0 Å². The van der Waals surface area contributed by atoms with E-state index in [0.717, 1.165) is 0 Å². The van der Waals surface area contributed by atoms with Gasteiger partial charge in [-0.1, -0.05) is 31.9 Å². The predicted octanol–water partition coefficient (Wildman–Crippen LogP) is 1.23. The molecule has 0 N–H and O–H groups in total. The standard InChI is InChI=1S/CHBr2.Al/c2-1-3;/h1H;. The quantitative estimate of drug-likeness (QED) is 0.407. The minimum absolute atomic E-state index is 0.375. The molecule has 3 heteroatoms. The van der Waals surface area contributed by atoms with E-state index in [1.807, 2.05) is 0 Å². The molecule has 0 aliphatic rings. The fourth-order valence-corrected chi connectivity index (χ4v) is 0. The molecule has 0 atom stereocenters. The van der Waals surface area contributed by atoms with Crippen LogP contribution in [-0.4, -0.2) is 18.9 Å². The predicted molar refractivity (Wildman–Crippen MR) is 27.4 cm³/mol. The van der Waals surface area contributed by atoms with Crippen LogP contribution in [0.5, 0.6) is 0 Å². The summed E-state index contributed by atoms with van der Waals surface area (Å²) in [6, 6.07) is 0. The summed E-state index contributed by atoms with van der Waals surface area (Å²) in [5.41, 5.74) is 0. The van der Waals surface area contributed by atoms with E-state index in [4.69, 9.17) is 0 Å². The molecule has 0 fully saturated rings. The third kappa shape index (κ3) is 9.74. The van der Waals surface area contributed by atoms with Gasteiger partial charge in [-0.25, -0.2) is 0 Å². The molecule has 0 nitrogen and oxygen atoms in total. The Kier molecular flexibility index (Phi) is 3.73. The first-order valence-corrected chi connectivity index (χ1v) is 3.27. The molecule has 0 rings (SSSR count). The van der Waals surface area contributed by atoms with Crippen LogP contribution in [0.2, 0.25) is 0 Å². The zero-order chi connectivity index (χ0) is 3.58. The van der Waals surface area contributed by atoms with Crippen molar-refractivity contribution in [3.05, 3.63) is 0 Å². The maximum atomic E-state index is 3.15. The van der Waals surface area contributed by atoms with Crippen molar-refractivity contribution in [3.63, 3.8) is 0 Å². The summed E-state index contributed by atoms with van der Waals surface area (Å²) >= 11 is 8.79. The zero-order valence-electron chi connectivity index (χ0n) is 1.91. The molecule has 22 valence electrons. The largest absolute Gasteiger partial charge is 0.162 e. The molecule has 0 aromatic heterocycles. The number of alkyl halides is 2. The van der Waals surface area contributed by atoms with Crippen molar-refractivity contribution in [1.29, 1.82) is 0 Å². The Morgan fingerprint density at radius 3 is 1.50 bits per heavy atom. The lowest BCUT2D eigenvalue weighted by Crippen LogP contribution is -1.73. The summed E-state index contributed by atoms with van der Waals surface area (Å²) in [5, 5.41) is 0. The molecule has 0 aromatic carbocycles. The smallest absolute Gasteiger partial charge is 0.0961 e. The van der Waals surface area contributed by atoms with E-state index in [1.54, 1.807) is 0 Å². The number of hydrogen-bond donors (Lipinski definition) is 0. The second-order valence-electron chi connectivity index (χ2n) is 0.334. The Bertz CT molecular complexity index is 10.8. The third-order valence-corrected chi connectivity index (χ3v) is 0. The highest BCUT2D eigenvalue weighted by Crippen LogP contribution is 1.98. The summed E-state index contributed by atoms with van der Waals surface area (Å²) in [6.45, 7) is 0. The van der Waals surface area contributed by atoms with E-state index >= 15 is 0 Å². The molecule has 0 aliphatic heterocycles. The molecule has 4 heavy (non-hydrogen) atoms. The molecule has 0 saturated heterocycles. The van der Waals surface area contributed by atoms with Crippen LogP contribution in [0.25, 0.3) is 0 Å². The normalized spacial score (nSPS) is 8.75. The molecule has 0 amide bonds. The Labute approximate surface area is 50.6 Å². The maximum Gasteiger partial charge on any atom is 0.162 e. The topological polar surface area (TPSA) is 0 Å². The van der Waals surface area contributed by atoms with Crippen LogP contribution >= 0.6 is 31.9 Å². The second kappa shape index (κ2) is 2.72. The van der Waals surface area contributed by atoms with Crippen LogP contribution in [0.1, 0.15) is 0 Å². The minimum atomic E-state index is 0.375. The van der Waals surface area contributed by atoms with Gasteiger partial charge in [0.25, 0.3) is 0 Å². The van der Waals surface area contributed by atoms with E-state index in [0.29, 0.717) is 2.60 Å². The van der Waals surface area contributed by atoms with Crippen LogP contribution in [0, 0.1) is 0 Å². The molecular formula is CHAlBr2. The van der Waals surface area contributed by atoms with E-state index in [1.165, 1.54) is 0 Å². The highest BCUT2D eigenvalue weighted by molar-refractivity contribution is 9.25. The van der Waals surface area contributed by atoms with E-state index in [9.17, 15) is 0 Å². The van der Waals surface area contributed by atoms with Gasteiger partial charge in [0, 0.05) is 0 Å². The maximum absolute atomic E-state index is 3.15. The highest BCUT2D eigenvalue weighted by atomic mass is 79.9. The van der Waals surface area contributed by atoms with Crippen LogP contribution in [0.4, 0.5) is 0 Å². The summed E-state index contributed by atoms with van der Waals surface area (Å²) in [6.07, 6.45) is 0. The average Bonchev–Trinajstić information content (AvgIpc) is 0.811. The number of halogens is 2. The minimum Gasteiger partial charge on any atom is -0.0961 e. The molecule has 2 radical (unpaired) electrons. The van der Waals surface area contributed by atoms with Crippen molar-refractivity contribution in [2.75, 3.05) is 0 Å². The van der Waals surface area contributed by atoms with Gasteiger partial charge < -0.3 is 0 Å². The summed E-state index contributed by atoms with van der Waals surface area (Å²) in [7, 11) is 0. The van der Waals surface area contributed by atoms with Crippen LogP contribution < -0.4 is 0 Å². The fourth-order valence-electron chi connectivity index (χ4n) is 0. The van der Waals surface area contributed by atoms with Gasteiger partial charge in [0.05, 0.1) is 0 Å². The monoisotopic (exact) mass is 198 g/mol. The summed E-state index contributed by atoms with van der Waals surface area (Å²) in [5.74, 6) is 0. The lowest BCUT2D eigenvalue weighted by Gasteiger charge is -1.74. The van der Waals surface area contributed by atoms with E-state index in [2.05, 4.69) is 48.2 Å². The Hall–Kier alpha value is 1.49. The van der Waals surface area contributed by atoms with Gasteiger partial charge in [0.1, 0.15) is 0 Å². The SMILES string of the molecule is [Al][CH](Br)Br. The van der Waals surface area contributed by atoms with Gasteiger partial charge in [-0.3, -0.25) is 0 Å². The molecule has 0 heterocycles. The van der Waals surface area contributed by atoms with Crippen molar-refractivity contribution < 1.29 is 0 Å². The Morgan fingerprint density at radius 2 is 1.50 bits per heavy atom. The van der Waals surface area contributed by atoms with Gasteiger partial charge in [0.2, 0.25) is 0 Å². The molecule has 0 saturated carbocycles. The number of hydrogen-bond acceptors (Lipinski definition) is 0. The van der Waals surface area contributed by atoms with Crippen LogP contribution in [-0.2, 0) is 0 Å². The van der Waals surface area contributed by atoms with Crippen molar-refractivity contribution in [2.24, 2.45) is 0 Å². The van der Waals surface area contributed by atoms with Gasteiger partial charge in [0.15, 0.2) is 16.3 Å². The van der Waals surface area contributed by atoms with Gasteiger partial charge >= 0.3 is 0 Å². The Morgan fingerprint density at radius 1 is 1.50 bits per heavy atom. The molecular weight excluding hydrogens is 199 g/mol. The van der Waals surface area contributed by atoms with Gasteiger partial charge in [-0.2, -0.15) is 0 Å². The van der Waals surface area contributed by atoms with E-state index < -0.39 is 0 Å². The van der Waals surface area contributed by atoms with E-state index in [-0.39, 0.29) is 0 Å². The van der Waals surface area contributed by atoms with Crippen molar-refractivity contribution >= 4 is 48.2 Å². The molecule has 0 spiro atoms. The average molecular weight is 200 g/mol. The first kappa shape index (κ1) is 5.49. The third-order valence-electron chi connectivity index (χ3n) is 0. The number of rotatable bonds is 0. The van der Waals surface area contributed by atoms with Crippen molar-refractivity contribution in [2.45, 2.75) is 2.60 Å². The molecule has 0 unspecified atom stereocenters. The van der Waals surface area contributed by atoms with Gasteiger partial charge in [-0.15, -0.1) is 0 Å². The lowest BCUT2D eigenvalue weighted by atomic mass is 11.9. The van der Waals surface area contributed by atoms with Crippen molar-refractivity contribution in [3.8, 4) is 0 Å². The summed E-state index contributed by atoms with van der Waals surface area (Å²) < 4.78 is 0.375. The first-order chi connectivity index (χ1) is 1.73.